The highest BCUT2D eigenvalue weighted by Crippen LogP contribution is 2.37. The standard InChI is InChI=1S/C25H22FN5O2/c1-33-21-13-16(17-7-2-3-8-19(17)26)12-18-22(21)30-23(15-6-4-10-27-14-15)31-24(18)29-20-9-5-11-28-25(20)32/h2-4,6-8,10,12-14,20H,5,9,11H2,1H3,(H,28,32)(H,29,30,31). The number of hydrogen-bond acceptors (Lipinski definition) is 6. The van der Waals surface area contributed by atoms with Crippen LogP contribution in [0.2, 0.25) is 0 Å². The maximum atomic E-state index is 14.6. The van der Waals surface area contributed by atoms with E-state index in [4.69, 9.17) is 14.7 Å². The van der Waals surface area contributed by atoms with Crippen molar-refractivity contribution in [1.82, 2.24) is 20.3 Å². The zero-order valence-electron chi connectivity index (χ0n) is 18.0. The highest BCUT2D eigenvalue weighted by atomic mass is 19.1. The molecule has 166 valence electrons. The first kappa shape index (κ1) is 20.8. The van der Waals surface area contributed by atoms with Crippen LogP contribution in [0.3, 0.4) is 0 Å². The fourth-order valence-corrected chi connectivity index (χ4v) is 4.02. The second kappa shape index (κ2) is 8.82. The average Bonchev–Trinajstić information content (AvgIpc) is 2.85. The van der Waals surface area contributed by atoms with Crippen molar-refractivity contribution in [2.45, 2.75) is 18.9 Å². The summed E-state index contributed by atoms with van der Waals surface area (Å²) in [6.07, 6.45) is 4.91. The van der Waals surface area contributed by atoms with Gasteiger partial charge in [0.05, 0.1) is 7.11 Å². The topological polar surface area (TPSA) is 89.0 Å². The molecular formula is C25H22FN5O2. The fraction of sp³-hybridized carbons (Fsp3) is 0.200. The summed E-state index contributed by atoms with van der Waals surface area (Å²) in [5, 5.41) is 6.82. The molecule has 0 saturated carbocycles. The molecule has 4 aromatic rings. The largest absolute Gasteiger partial charge is 0.494 e. The Balaban J connectivity index is 1.73. The van der Waals surface area contributed by atoms with Gasteiger partial charge in [-0.2, -0.15) is 0 Å². The van der Waals surface area contributed by atoms with Crippen molar-refractivity contribution >= 4 is 22.6 Å². The monoisotopic (exact) mass is 443 g/mol. The van der Waals surface area contributed by atoms with Crippen molar-refractivity contribution in [2.24, 2.45) is 0 Å². The maximum Gasteiger partial charge on any atom is 0.242 e. The van der Waals surface area contributed by atoms with Crippen LogP contribution < -0.4 is 15.4 Å². The smallest absolute Gasteiger partial charge is 0.242 e. The number of carbonyl (C=O) groups excluding carboxylic acids is 1. The van der Waals surface area contributed by atoms with Gasteiger partial charge in [0.25, 0.3) is 0 Å². The molecule has 1 aliphatic rings. The summed E-state index contributed by atoms with van der Waals surface area (Å²) in [7, 11) is 1.55. The van der Waals surface area contributed by atoms with Crippen LogP contribution in [0.25, 0.3) is 33.4 Å². The Morgan fingerprint density at radius 2 is 2.00 bits per heavy atom. The lowest BCUT2D eigenvalue weighted by Gasteiger charge is -2.24. The molecule has 7 nitrogen and oxygen atoms in total. The van der Waals surface area contributed by atoms with Gasteiger partial charge >= 0.3 is 0 Å². The van der Waals surface area contributed by atoms with Gasteiger partial charge < -0.3 is 15.4 Å². The van der Waals surface area contributed by atoms with Crippen LogP contribution in [0.4, 0.5) is 10.2 Å². The zero-order chi connectivity index (χ0) is 22.8. The van der Waals surface area contributed by atoms with Crippen molar-refractivity contribution in [2.75, 3.05) is 19.0 Å². The lowest BCUT2D eigenvalue weighted by atomic mass is 10.0. The quantitative estimate of drug-likeness (QED) is 0.481. The molecule has 1 amide bonds. The third kappa shape index (κ3) is 4.07. The first-order valence-corrected chi connectivity index (χ1v) is 10.7. The van der Waals surface area contributed by atoms with Crippen LogP contribution >= 0.6 is 0 Å². The van der Waals surface area contributed by atoms with E-state index < -0.39 is 6.04 Å². The van der Waals surface area contributed by atoms with E-state index in [0.29, 0.717) is 52.4 Å². The SMILES string of the molecule is COc1cc(-c2ccccc2F)cc2c(NC3CCCNC3=O)nc(-c3cccnc3)nc12. The van der Waals surface area contributed by atoms with Crippen LogP contribution in [0.15, 0.2) is 60.9 Å². The van der Waals surface area contributed by atoms with Gasteiger partial charge in [-0.15, -0.1) is 0 Å². The first-order valence-electron chi connectivity index (χ1n) is 10.7. The van der Waals surface area contributed by atoms with Gasteiger partial charge in [0, 0.05) is 35.5 Å². The number of carbonyl (C=O) groups is 1. The minimum Gasteiger partial charge on any atom is -0.494 e. The van der Waals surface area contributed by atoms with E-state index in [1.54, 1.807) is 43.8 Å². The van der Waals surface area contributed by atoms with Crippen LogP contribution in [-0.4, -0.2) is 40.6 Å². The van der Waals surface area contributed by atoms with Crippen LogP contribution in [0, 0.1) is 5.82 Å². The van der Waals surface area contributed by atoms with Gasteiger partial charge in [-0.25, -0.2) is 14.4 Å². The highest BCUT2D eigenvalue weighted by Gasteiger charge is 2.24. The number of amides is 1. The lowest BCUT2D eigenvalue weighted by Crippen LogP contribution is -2.44. The van der Waals surface area contributed by atoms with E-state index in [1.807, 2.05) is 18.2 Å². The predicted molar refractivity (Wildman–Crippen MR) is 124 cm³/mol. The predicted octanol–water partition coefficient (Wildman–Crippen LogP) is 4.20. The van der Waals surface area contributed by atoms with E-state index in [0.717, 1.165) is 12.0 Å². The molecule has 2 N–H and O–H groups in total. The number of piperidine rings is 1. The average molecular weight is 443 g/mol. The molecule has 2 aromatic heterocycles. The number of anilines is 1. The molecular weight excluding hydrogens is 421 g/mol. The Morgan fingerprint density at radius 1 is 1.12 bits per heavy atom. The minimum atomic E-state index is -0.429. The zero-order valence-corrected chi connectivity index (χ0v) is 18.0. The number of fused-ring (bicyclic) bond motifs is 1. The number of ether oxygens (including phenoxy) is 1. The Labute approximate surface area is 190 Å². The number of benzene rings is 2. The molecule has 0 spiro atoms. The highest BCUT2D eigenvalue weighted by molar-refractivity contribution is 5.99. The second-order valence-electron chi connectivity index (χ2n) is 7.82. The summed E-state index contributed by atoms with van der Waals surface area (Å²) >= 11 is 0. The molecule has 1 saturated heterocycles. The Bertz CT molecular complexity index is 1330. The van der Waals surface area contributed by atoms with Gasteiger partial charge in [0.1, 0.15) is 28.9 Å². The molecule has 33 heavy (non-hydrogen) atoms. The van der Waals surface area contributed by atoms with Gasteiger partial charge in [-0.3, -0.25) is 9.78 Å². The van der Waals surface area contributed by atoms with Crippen LogP contribution in [0.1, 0.15) is 12.8 Å². The fourth-order valence-electron chi connectivity index (χ4n) is 4.02. The van der Waals surface area contributed by atoms with E-state index in [1.165, 1.54) is 6.07 Å². The third-order valence-corrected chi connectivity index (χ3v) is 5.69. The first-order chi connectivity index (χ1) is 16.1. The molecule has 0 bridgehead atoms. The summed E-state index contributed by atoms with van der Waals surface area (Å²) in [5.74, 6) is 0.999. The van der Waals surface area contributed by atoms with Crippen LogP contribution in [-0.2, 0) is 4.79 Å². The van der Waals surface area contributed by atoms with Crippen molar-refractivity contribution in [1.29, 1.82) is 0 Å². The molecule has 5 rings (SSSR count). The lowest BCUT2D eigenvalue weighted by molar-refractivity contribution is -0.123. The molecule has 1 aliphatic heterocycles. The Morgan fingerprint density at radius 3 is 2.76 bits per heavy atom. The van der Waals surface area contributed by atoms with E-state index >= 15 is 0 Å². The Hall–Kier alpha value is -4.07. The van der Waals surface area contributed by atoms with Crippen molar-refractivity contribution in [3.63, 3.8) is 0 Å². The van der Waals surface area contributed by atoms with Gasteiger partial charge in [0.15, 0.2) is 5.82 Å². The number of hydrogen-bond donors (Lipinski definition) is 2. The van der Waals surface area contributed by atoms with Gasteiger partial charge in [-0.05, 0) is 48.7 Å². The summed E-state index contributed by atoms with van der Waals surface area (Å²) in [5.41, 5.74) is 2.36. The third-order valence-electron chi connectivity index (χ3n) is 5.69. The normalized spacial score (nSPS) is 15.8. The molecule has 2 aromatic carbocycles. The van der Waals surface area contributed by atoms with Crippen molar-refractivity contribution in [3.8, 4) is 28.3 Å². The molecule has 0 aliphatic carbocycles. The summed E-state index contributed by atoms with van der Waals surface area (Å²) in [4.78, 5) is 26.1. The van der Waals surface area contributed by atoms with Gasteiger partial charge in [-0.1, -0.05) is 18.2 Å². The van der Waals surface area contributed by atoms with Crippen molar-refractivity contribution in [3.05, 3.63) is 66.7 Å². The van der Waals surface area contributed by atoms with Crippen LogP contribution in [0.5, 0.6) is 5.75 Å². The number of pyridine rings is 1. The number of nitrogens with zero attached hydrogens (tertiary/aromatic N) is 3. The van der Waals surface area contributed by atoms with E-state index in [2.05, 4.69) is 15.6 Å². The molecule has 1 fully saturated rings. The number of nitrogens with one attached hydrogen (secondary N) is 2. The summed E-state index contributed by atoms with van der Waals surface area (Å²) < 4.78 is 20.2. The molecule has 0 radical (unpaired) electrons. The van der Waals surface area contributed by atoms with E-state index in [9.17, 15) is 9.18 Å². The summed E-state index contributed by atoms with van der Waals surface area (Å²) in [6, 6.07) is 13.4. The summed E-state index contributed by atoms with van der Waals surface area (Å²) in [6.45, 7) is 0.660. The molecule has 1 unspecified atom stereocenters. The number of rotatable bonds is 5. The Kier molecular flexibility index (Phi) is 5.56. The van der Waals surface area contributed by atoms with Crippen molar-refractivity contribution < 1.29 is 13.9 Å². The maximum absolute atomic E-state index is 14.6. The second-order valence-corrected chi connectivity index (χ2v) is 7.82. The minimum absolute atomic E-state index is 0.0758. The number of methoxy groups -OCH3 is 1. The molecule has 8 heteroatoms. The number of aromatic nitrogens is 3. The number of halogens is 1. The molecule has 3 heterocycles. The molecule has 1 atom stereocenters. The van der Waals surface area contributed by atoms with E-state index in [-0.39, 0.29) is 11.7 Å². The van der Waals surface area contributed by atoms with Gasteiger partial charge in [0.2, 0.25) is 5.91 Å².